The minimum absolute atomic E-state index is 0.00864. The summed E-state index contributed by atoms with van der Waals surface area (Å²) in [5.74, 6) is -0.637. The lowest BCUT2D eigenvalue weighted by Gasteiger charge is -2.28. The van der Waals surface area contributed by atoms with Gasteiger partial charge in [0.2, 0.25) is 0 Å². The summed E-state index contributed by atoms with van der Waals surface area (Å²) in [7, 11) is 0. The van der Waals surface area contributed by atoms with Crippen LogP contribution in [0.4, 0.5) is 0 Å². The van der Waals surface area contributed by atoms with Crippen LogP contribution in [-0.2, 0) is 6.42 Å². The zero-order valence-electron chi connectivity index (χ0n) is 21.1. The fraction of sp³-hybridized carbons (Fsp3) is 0.300. The SMILES string of the molecule is CC(C)(CCCc1ccccc1C#N)NC[C@@H](O)COc1cc(-c2ccc(C(=O)O)cc2)ccc1C#N. The van der Waals surface area contributed by atoms with Crippen LogP contribution in [-0.4, -0.2) is 41.0 Å². The summed E-state index contributed by atoms with van der Waals surface area (Å²) in [6.45, 7) is 4.47. The van der Waals surface area contributed by atoms with Crippen LogP contribution in [0.25, 0.3) is 11.1 Å². The van der Waals surface area contributed by atoms with Crippen molar-refractivity contribution >= 4 is 5.97 Å². The van der Waals surface area contributed by atoms with Gasteiger partial charge in [0.15, 0.2) is 0 Å². The maximum atomic E-state index is 11.1. The van der Waals surface area contributed by atoms with E-state index in [-0.39, 0.29) is 17.7 Å². The first-order valence-electron chi connectivity index (χ1n) is 12.1. The number of nitrogens with one attached hydrogen (secondary N) is 1. The summed E-state index contributed by atoms with van der Waals surface area (Å²) < 4.78 is 5.81. The molecule has 0 amide bonds. The molecule has 1 atom stereocenters. The van der Waals surface area contributed by atoms with Crippen molar-refractivity contribution in [2.24, 2.45) is 0 Å². The molecular weight excluding hydrogens is 466 g/mol. The molecule has 0 fully saturated rings. The number of β-amino-alcohol motifs (C(OH)–C–C–N with tert-alkyl or cyclic N) is 1. The molecule has 0 aliphatic heterocycles. The largest absolute Gasteiger partial charge is 0.489 e. The number of hydrogen-bond acceptors (Lipinski definition) is 6. The average molecular weight is 498 g/mol. The van der Waals surface area contributed by atoms with E-state index in [0.717, 1.165) is 36.0 Å². The molecule has 190 valence electrons. The summed E-state index contributed by atoms with van der Waals surface area (Å²) in [4.78, 5) is 11.1. The molecular formula is C30H31N3O4. The van der Waals surface area contributed by atoms with E-state index >= 15 is 0 Å². The van der Waals surface area contributed by atoms with E-state index in [1.54, 1.807) is 30.3 Å². The van der Waals surface area contributed by atoms with Crippen molar-refractivity contribution in [3.05, 3.63) is 89.0 Å². The third-order valence-electron chi connectivity index (χ3n) is 6.20. The van der Waals surface area contributed by atoms with Crippen molar-refractivity contribution in [1.82, 2.24) is 5.32 Å². The Morgan fingerprint density at radius 2 is 1.68 bits per heavy atom. The number of aryl methyl sites for hydroxylation is 1. The molecule has 0 aliphatic rings. The number of hydrogen-bond donors (Lipinski definition) is 3. The predicted octanol–water partition coefficient (Wildman–Crippen LogP) is 4.93. The topological polar surface area (TPSA) is 126 Å². The number of aliphatic hydroxyl groups excluding tert-OH is 1. The molecule has 0 aromatic heterocycles. The monoisotopic (exact) mass is 497 g/mol. The molecule has 0 unspecified atom stereocenters. The number of aliphatic hydroxyl groups is 1. The van der Waals surface area contributed by atoms with Gasteiger partial charge in [-0.1, -0.05) is 36.4 Å². The maximum absolute atomic E-state index is 11.1. The molecule has 0 saturated carbocycles. The number of aromatic carboxylic acids is 1. The van der Waals surface area contributed by atoms with Gasteiger partial charge in [-0.15, -0.1) is 0 Å². The molecule has 0 aliphatic carbocycles. The lowest BCUT2D eigenvalue weighted by Crippen LogP contribution is -2.44. The summed E-state index contributed by atoms with van der Waals surface area (Å²) in [5, 5.41) is 41.7. The molecule has 7 nitrogen and oxygen atoms in total. The molecule has 3 aromatic rings. The van der Waals surface area contributed by atoms with E-state index in [2.05, 4.69) is 31.3 Å². The molecule has 0 heterocycles. The number of carboxylic acid groups (broad SMARTS) is 1. The minimum atomic E-state index is -0.995. The number of carboxylic acids is 1. The van der Waals surface area contributed by atoms with Gasteiger partial charge in [-0.25, -0.2) is 4.79 Å². The summed E-state index contributed by atoms with van der Waals surface area (Å²) in [5.41, 5.74) is 3.64. The second-order valence-corrected chi connectivity index (χ2v) is 9.56. The second kappa shape index (κ2) is 12.7. The smallest absolute Gasteiger partial charge is 0.335 e. The molecule has 3 N–H and O–H groups in total. The van der Waals surface area contributed by atoms with E-state index in [1.165, 1.54) is 12.1 Å². The van der Waals surface area contributed by atoms with Crippen molar-refractivity contribution in [3.63, 3.8) is 0 Å². The van der Waals surface area contributed by atoms with Gasteiger partial charge >= 0.3 is 5.97 Å². The minimum Gasteiger partial charge on any atom is -0.489 e. The molecule has 0 spiro atoms. The molecule has 0 radical (unpaired) electrons. The molecule has 0 bridgehead atoms. The first-order valence-corrected chi connectivity index (χ1v) is 12.1. The van der Waals surface area contributed by atoms with Crippen molar-refractivity contribution in [2.75, 3.05) is 13.2 Å². The normalized spacial score (nSPS) is 11.8. The van der Waals surface area contributed by atoms with E-state index in [0.29, 0.717) is 23.4 Å². The Balaban J connectivity index is 1.53. The number of benzene rings is 3. The van der Waals surface area contributed by atoms with Gasteiger partial charge in [0.05, 0.1) is 22.8 Å². The van der Waals surface area contributed by atoms with Gasteiger partial charge in [-0.05, 0) is 80.1 Å². The molecule has 3 aromatic carbocycles. The zero-order valence-corrected chi connectivity index (χ0v) is 21.1. The fourth-order valence-corrected chi connectivity index (χ4v) is 4.01. The van der Waals surface area contributed by atoms with Gasteiger partial charge in [0, 0.05) is 12.1 Å². The number of nitriles is 2. The Hall–Kier alpha value is -4.17. The Morgan fingerprint density at radius 3 is 2.35 bits per heavy atom. The summed E-state index contributed by atoms with van der Waals surface area (Å²) >= 11 is 0. The van der Waals surface area contributed by atoms with E-state index in [1.807, 2.05) is 24.3 Å². The van der Waals surface area contributed by atoms with Gasteiger partial charge in [0.1, 0.15) is 24.5 Å². The van der Waals surface area contributed by atoms with Crippen LogP contribution >= 0.6 is 0 Å². The van der Waals surface area contributed by atoms with Crippen molar-refractivity contribution in [2.45, 2.75) is 44.8 Å². The Bertz CT molecular complexity index is 1300. The Morgan fingerprint density at radius 1 is 1.00 bits per heavy atom. The van der Waals surface area contributed by atoms with E-state index < -0.39 is 12.1 Å². The third kappa shape index (κ3) is 7.91. The lowest BCUT2D eigenvalue weighted by molar-refractivity contribution is 0.0697. The maximum Gasteiger partial charge on any atom is 0.335 e. The van der Waals surface area contributed by atoms with Crippen molar-refractivity contribution in [3.8, 4) is 29.0 Å². The quantitative estimate of drug-likeness (QED) is 0.324. The van der Waals surface area contributed by atoms with E-state index in [4.69, 9.17) is 9.84 Å². The number of carbonyl (C=O) groups is 1. The van der Waals surface area contributed by atoms with E-state index in [9.17, 15) is 20.4 Å². The predicted molar refractivity (Wildman–Crippen MR) is 141 cm³/mol. The first-order chi connectivity index (χ1) is 17.7. The van der Waals surface area contributed by atoms with Crippen LogP contribution in [0.2, 0.25) is 0 Å². The number of rotatable bonds is 12. The number of ether oxygens (including phenoxy) is 1. The van der Waals surface area contributed by atoms with Crippen LogP contribution in [0.5, 0.6) is 5.75 Å². The Kier molecular flexibility index (Phi) is 9.40. The molecule has 7 heteroatoms. The number of nitrogens with zero attached hydrogens (tertiary/aromatic N) is 2. The average Bonchev–Trinajstić information content (AvgIpc) is 2.90. The lowest BCUT2D eigenvalue weighted by atomic mass is 9.94. The standard InChI is InChI=1S/C30H31N3O4/c1-30(2,15-5-8-21-6-3-4-7-25(21)17-31)33-19-27(34)20-37-28-16-24(13-14-26(28)18-32)22-9-11-23(12-10-22)29(35)36/h3-4,6-7,9-14,16,27,33-34H,5,8,15,19-20H2,1-2H3,(H,35,36)/t27-/m1/s1. The zero-order chi connectivity index (χ0) is 26.8. The Labute approximate surface area is 217 Å². The first kappa shape index (κ1) is 27.4. The summed E-state index contributed by atoms with van der Waals surface area (Å²) in [6.07, 6.45) is 1.79. The molecule has 37 heavy (non-hydrogen) atoms. The molecule has 3 rings (SSSR count). The van der Waals surface area contributed by atoms with Gasteiger partial charge in [0.25, 0.3) is 0 Å². The highest BCUT2D eigenvalue weighted by Crippen LogP contribution is 2.28. The van der Waals surface area contributed by atoms with Crippen LogP contribution in [0.15, 0.2) is 66.7 Å². The van der Waals surface area contributed by atoms with Gasteiger partial charge in [-0.2, -0.15) is 10.5 Å². The van der Waals surface area contributed by atoms with Crippen LogP contribution in [0.3, 0.4) is 0 Å². The highest BCUT2D eigenvalue weighted by Gasteiger charge is 2.19. The van der Waals surface area contributed by atoms with Crippen molar-refractivity contribution < 1.29 is 19.7 Å². The van der Waals surface area contributed by atoms with Gasteiger partial charge in [-0.3, -0.25) is 0 Å². The summed E-state index contributed by atoms with van der Waals surface area (Å²) in [6, 6.07) is 23.6. The highest BCUT2D eigenvalue weighted by molar-refractivity contribution is 5.88. The van der Waals surface area contributed by atoms with Crippen LogP contribution < -0.4 is 10.1 Å². The fourth-order valence-electron chi connectivity index (χ4n) is 4.01. The highest BCUT2D eigenvalue weighted by atomic mass is 16.5. The van der Waals surface area contributed by atoms with Crippen LogP contribution in [0, 0.1) is 22.7 Å². The third-order valence-corrected chi connectivity index (χ3v) is 6.20. The van der Waals surface area contributed by atoms with Gasteiger partial charge < -0.3 is 20.3 Å². The van der Waals surface area contributed by atoms with Crippen molar-refractivity contribution in [1.29, 1.82) is 10.5 Å². The second-order valence-electron chi connectivity index (χ2n) is 9.56. The van der Waals surface area contributed by atoms with Crippen LogP contribution in [0.1, 0.15) is 53.7 Å². The molecule has 0 saturated heterocycles.